The van der Waals surface area contributed by atoms with Crippen LogP contribution >= 0.6 is 11.3 Å². The van der Waals surface area contributed by atoms with Gasteiger partial charge in [0.05, 0.1) is 15.5 Å². The maximum absolute atomic E-state index is 13.4. The summed E-state index contributed by atoms with van der Waals surface area (Å²) in [6, 6.07) is 7.66. The van der Waals surface area contributed by atoms with Crippen molar-refractivity contribution in [3.8, 4) is 5.75 Å². The fourth-order valence-electron chi connectivity index (χ4n) is 4.98. The number of carbonyl (C=O) groups is 1. The molecule has 1 aromatic heterocycles. The Morgan fingerprint density at radius 2 is 1.76 bits per heavy atom. The number of hydrogen-bond acceptors (Lipinski definition) is 6. The Morgan fingerprint density at radius 1 is 1.05 bits per heavy atom. The van der Waals surface area contributed by atoms with E-state index in [1.807, 2.05) is 13.8 Å². The second kappa shape index (κ2) is 11.0. The normalized spacial score (nSPS) is 14.4. The number of nitrogens with one attached hydrogen (secondary N) is 1. The van der Waals surface area contributed by atoms with E-state index in [0.29, 0.717) is 0 Å². The predicted octanol–water partition coefficient (Wildman–Crippen LogP) is 6.79. The van der Waals surface area contributed by atoms with Crippen molar-refractivity contribution in [3.63, 3.8) is 0 Å². The van der Waals surface area contributed by atoms with Crippen molar-refractivity contribution in [2.75, 3.05) is 22.7 Å². The molecule has 1 aliphatic rings. The maximum atomic E-state index is 13.4. The first-order valence-corrected chi connectivity index (χ1v) is 14.6. The van der Waals surface area contributed by atoms with E-state index in [0.717, 1.165) is 83.9 Å². The van der Waals surface area contributed by atoms with Gasteiger partial charge in [-0.25, -0.2) is 8.42 Å². The van der Waals surface area contributed by atoms with Crippen molar-refractivity contribution in [2.45, 2.75) is 57.7 Å². The van der Waals surface area contributed by atoms with Crippen molar-refractivity contribution in [3.05, 3.63) is 68.9 Å². The Labute approximate surface area is 224 Å². The van der Waals surface area contributed by atoms with Crippen molar-refractivity contribution in [1.82, 2.24) is 0 Å². The van der Waals surface area contributed by atoms with Gasteiger partial charge in [-0.1, -0.05) is 12.1 Å². The van der Waals surface area contributed by atoms with Gasteiger partial charge in [0.1, 0.15) is 5.75 Å². The summed E-state index contributed by atoms with van der Waals surface area (Å²) in [7, 11) is -4.28. The smallest absolute Gasteiger partial charge is 0.406 e. The number of carbonyl (C=O) groups excluding carboxylic acids is 1. The molecule has 0 atom stereocenters. The number of ketones is 1. The SMILES string of the molecule is Cc1cc(C)c(N2CCCCC2)c(C)c1CC(=O)c1sccc1NS(=O)(=O)c1cccc(OC(F)(F)F)c1. The second-order valence-corrected chi connectivity index (χ2v) is 12.0. The van der Waals surface area contributed by atoms with Crippen LogP contribution in [0.3, 0.4) is 0 Å². The molecule has 38 heavy (non-hydrogen) atoms. The first-order valence-electron chi connectivity index (χ1n) is 12.2. The number of aryl methyl sites for hydroxylation is 2. The maximum Gasteiger partial charge on any atom is 0.573 e. The Balaban J connectivity index is 1.58. The van der Waals surface area contributed by atoms with Crippen LogP contribution in [0.5, 0.6) is 5.75 Å². The lowest BCUT2D eigenvalue weighted by atomic mass is 9.92. The van der Waals surface area contributed by atoms with Crippen molar-refractivity contribution in [1.29, 1.82) is 0 Å². The summed E-state index contributed by atoms with van der Waals surface area (Å²) in [5.74, 6) is -0.900. The zero-order valence-electron chi connectivity index (χ0n) is 21.3. The minimum absolute atomic E-state index is 0.0841. The molecule has 0 amide bonds. The number of sulfonamides is 1. The van der Waals surface area contributed by atoms with Gasteiger partial charge in [0.15, 0.2) is 5.78 Å². The van der Waals surface area contributed by atoms with Crippen LogP contribution in [0.4, 0.5) is 24.5 Å². The lowest BCUT2D eigenvalue weighted by Gasteiger charge is -2.33. The third kappa shape index (κ3) is 6.32. The zero-order chi connectivity index (χ0) is 27.7. The van der Waals surface area contributed by atoms with Crippen molar-refractivity contribution >= 4 is 38.5 Å². The molecule has 11 heteroatoms. The Kier molecular flexibility index (Phi) is 8.08. The van der Waals surface area contributed by atoms with Gasteiger partial charge in [-0.15, -0.1) is 24.5 Å². The number of alkyl halides is 3. The second-order valence-electron chi connectivity index (χ2n) is 9.40. The van der Waals surface area contributed by atoms with Crippen LogP contribution in [0.25, 0.3) is 0 Å². The van der Waals surface area contributed by atoms with E-state index in [1.165, 1.54) is 18.1 Å². The van der Waals surface area contributed by atoms with E-state index in [4.69, 9.17) is 0 Å². The lowest BCUT2D eigenvalue weighted by molar-refractivity contribution is -0.274. The molecule has 4 rings (SSSR count). The fraction of sp³-hybridized carbons (Fsp3) is 0.370. The first kappa shape index (κ1) is 28.0. The van der Waals surface area contributed by atoms with Crippen molar-refractivity contribution in [2.24, 2.45) is 0 Å². The molecule has 204 valence electrons. The van der Waals surface area contributed by atoms with Crippen LogP contribution < -0.4 is 14.4 Å². The van der Waals surface area contributed by atoms with Gasteiger partial charge in [-0.2, -0.15) is 0 Å². The molecule has 0 saturated carbocycles. The summed E-state index contributed by atoms with van der Waals surface area (Å²) in [6.45, 7) is 8.03. The Bertz CT molecular complexity index is 1440. The molecule has 0 spiro atoms. The number of ether oxygens (including phenoxy) is 1. The molecule has 0 aliphatic carbocycles. The number of halogens is 3. The zero-order valence-corrected chi connectivity index (χ0v) is 22.9. The number of nitrogens with zero attached hydrogens (tertiary/aromatic N) is 1. The average molecular weight is 567 g/mol. The number of Topliss-reactive ketones (excluding diaryl/α,β-unsaturated/α-hetero) is 1. The molecular weight excluding hydrogens is 537 g/mol. The monoisotopic (exact) mass is 566 g/mol. The highest BCUT2D eigenvalue weighted by atomic mass is 32.2. The van der Waals surface area contributed by atoms with E-state index in [1.54, 1.807) is 5.38 Å². The van der Waals surface area contributed by atoms with Gasteiger partial charge in [-0.3, -0.25) is 9.52 Å². The van der Waals surface area contributed by atoms with Crippen LogP contribution in [0.2, 0.25) is 0 Å². The molecule has 0 bridgehead atoms. The summed E-state index contributed by atoms with van der Waals surface area (Å²) in [6.07, 6.45) is -1.38. The standard InChI is InChI=1S/C27H29F3N2O4S2/c1-17-14-18(2)25(32-11-5-4-6-12-32)19(3)22(17)16-24(33)26-23(10-13-37-26)31-38(34,35)21-9-7-8-20(15-21)36-27(28,29)30/h7-10,13-15,31H,4-6,11-12,16H2,1-3H3. The number of thiophene rings is 1. The molecule has 0 unspecified atom stereocenters. The summed E-state index contributed by atoms with van der Waals surface area (Å²) < 4.78 is 69.8. The highest BCUT2D eigenvalue weighted by molar-refractivity contribution is 7.92. The number of piperidine rings is 1. The average Bonchev–Trinajstić information content (AvgIpc) is 3.29. The molecule has 1 N–H and O–H groups in total. The van der Waals surface area contributed by atoms with Crippen molar-refractivity contribution < 1.29 is 31.1 Å². The molecule has 1 aliphatic heterocycles. The highest BCUT2D eigenvalue weighted by Gasteiger charge is 2.32. The Morgan fingerprint density at radius 3 is 2.45 bits per heavy atom. The lowest BCUT2D eigenvalue weighted by Crippen LogP contribution is -2.31. The number of hydrogen-bond donors (Lipinski definition) is 1. The van der Waals surface area contributed by atoms with E-state index in [-0.39, 0.29) is 22.8 Å². The summed E-state index contributed by atoms with van der Waals surface area (Å²) in [5.41, 5.74) is 5.37. The minimum Gasteiger partial charge on any atom is -0.406 e. The molecular formula is C27H29F3N2O4S2. The summed E-state index contributed by atoms with van der Waals surface area (Å²) >= 11 is 1.11. The first-order chi connectivity index (χ1) is 17.9. The van der Waals surface area contributed by atoms with E-state index >= 15 is 0 Å². The largest absolute Gasteiger partial charge is 0.573 e. The van der Waals surface area contributed by atoms with Crippen LogP contribution in [0.15, 0.2) is 46.7 Å². The molecule has 0 radical (unpaired) electrons. The van der Waals surface area contributed by atoms with Gasteiger partial charge in [0, 0.05) is 31.3 Å². The van der Waals surface area contributed by atoms with Crippen LogP contribution in [0, 0.1) is 20.8 Å². The van der Waals surface area contributed by atoms with Gasteiger partial charge in [0.2, 0.25) is 0 Å². The molecule has 1 saturated heterocycles. The van der Waals surface area contributed by atoms with Gasteiger partial charge in [-0.05, 0) is 85.9 Å². The third-order valence-electron chi connectivity index (χ3n) is 6.61. The molecule has 2 heterocycles. The molecule has 2 aromatic carbocycles. The number of anilines is 2. The predicted molar refractivity (Wildman–Crippen MR) is 143 cm³/mol. The molecule has 3 aromatic rings. The van der Waals surface area contributed by atoms with Crippen LogP contribution in [-0.2, 0) is 16.4 Å². The van der Waals surface area contributed by atoms with Crippen LogP contribution in [0.1, 0.15) is 51.2 Å². The summed E-state index contributed by atoms with van der Waals surface area (Å²) in [4.78, 5) is 15.6. The highest BCUT2D eigenvalue weighted by Crippen LogP contribution is 2.34. The Hall–Kier alpha value is -3.05. The van der Waals surface area contributed by atoms with Gasteiger partial charge < -0.3 is 9.64 Å². The number of rotatable bonds is 8. The van der Waals surface area contributed by atoms with E-state index in [9.17, 15) is 26.4 Å². The molecule has 1 fully saturated rings. The van der Waals surface area contributed by atoms with Gasteiger partial charge >= 0.3 is 6.36 Å². The van der Waals surface area contributed by atoms with E-state index < -0.39 is 27.0 Å². The topological polar surface area (TPSA) is 75.7 Å². The molecule has 6 nitrogen and oxygen atoms in total. The fourth-order valence-corrected chi connectivity index (χ4v) is 6.94. The van der Waals surface area contributed by atoms with E-state index in [2.05, 4.69) is 27.3 Å². The van der Waals surface area contributed by atoms with Gasteiger partial charge in [0.25, 0.3) is 10.0 Å². The summed E-state index contributed by atoms with van der Waals surface area (Å²) in [5, 5.41) is 1.60. The quantitative estimate of drug-likeness (QED) is 0.304. The number of benzene rings is 2. The minimum atomic E-state index is -4.96. The van der Waals surface area contributed by atoms with Crippen LogP contribution in [-0.4, -0.2) is 33.7 Å². The third-order valence-corrected chi connectivity index (χ3v) is 8.93.